The maximum atomic E-state index is 11.7. The second kappa shape index (κ2) is 6.73. The first-order valence-electron chi connectivity index (χ1n) is 5.86. The zero-order valence-electron chi connectivity index (χ0n) is 10.4. The molecule has 0 fully saturated rings. The van der Waals surface area contributed by atoms with Gasteiger partial charge in [0.05, 0.1) is 6.04 Å². The second-order valence-electron chi connectivity index (χ2n) is 4.10. The van der Waals surface area contributed by atoms with E-state index in [0.717, 1.165) is 14.9 Å². The van der Waals surface area contributed by atoms with Gasteiger partial charge in [-0.15, -0.1) is 11.3 Å². The van der Waals surface area contributed by atoms with Gasteiger partial charge in [0.2, 0.25) is 0 Å². The van der Waals surface area contributed by atoms with Crippen LogP contribution < -0.4 is 5.32 Å². The van der Waals surface area contributed by atoms with Gasteiger partial charge in [0, 0.05) is 14.7 Å². The quantitative estimate of drug-likeness (QED) is 0.890. The number of ether oxygens (including phenoxy) is 1. The number of carbonyl (C=O) groups is 1. The van der Waals surface area contributed by atoms with Crippen molar-refractivity contribution in [1.29, 1.82) is 0 Å². The predicted octanol–water partition coefficient (Wildman–Crippen LogP) is 4.50. The normalized spacial score (nSPS) is 11.9. The number of nitrogens with one attached hydrogen (secondary N) is 1. The van der Waals surface area contributed by atoms with Gasteiger partial charge in [0.1, 0.15) is 6.61 Å². The first kappa shape index (κ1) is 14.1. The molecule has 1 aromatic heterocycles. The van der Waals surface area contributed by atoms with Crippen molar-refractivity contribution in [3.05, 3.63) is 56.7 Å². The Morgan fingerprint density at radius 3 is 2.79 bits per heavy atom. The summed E-state index contributed by atoms with van der Waals surface area (Å²) in [5.41, 5.74) is 0.976. The Labute approximate surface area is 124 Å². The number of rotatable bonds is 4. The Morgan fingerprint density at radius 1 is 1.42 bits per heavy atom. The van der Waals surface area contributed by atoms with Crippen LogP contribution in [0.5, 0.6) is 0 Å². The number of hydrogen-bond donors (Lipinski definition) is 1. The zero-order chi connectivity index (χ0) is 13.7. The summed E-state index contributed by atoms with van der Waals surface area (Å²) in [6.07, 6.45) is -0.402. The van der Waals surface area contributed by atoms with Crippen LogP contribution in [0.1, 0.15) is 23.4 Å². The van der Waals surface area contributed by atoms with Crippen molar-refractivity contribution in [2.45, 2.75) is 19.6 Å². The van der Waals surface area contributed by atoms with Crippen LogP contribution in [-0.2, 0) is 11.3 Å². The van der Waals surface area contributed by atoms with Gasteiger partial charge in [0.15, 0.2) is 0 Å². The fraction of sp³-hybridized carbons (Fsp3) is 0.214. The van der Waals surface area contributed by atoms with Crippen molar-refractivity contribution in [1.82, 2.24) is 5.32 Å². The van der Waals surface area contributed by atoms with Crippen molar-refractivity contribution >= 4 is 33.4 Å². The third-order valence-electron chi connectivity index (χ3n) is 2.56. The minimum absolute atomic E-state index is 0.0560. The van der Waals surface area contributed by atoms with Gasteiger partial charge in [-0.25, -0.2) is 4.79 Å². The zero-order valence-corrected chi connectivity index (χ0v) is 12.8. The van der Waals surface area contributed by atoms with Crippen molar-refractivity contribution in [3.63, 3.8) is 0 Å². The van der Waals surface area contributed by atoms with E-state index in [2.05, 4.69) is 21.2 Å². The van der Waals surface area contributed by atoms with E-state index in [0.29, 0.717) is 0 Å². The monoisotopic (exact) mass is 339 g/mol. The molecule has 0 spiro atoms. The standard InChI is InChI=1S/C14H14BrNO2S/c1-10(13-7-12(15)9-19-13)16-14(17)18-8-11-5-3-2-4-6-11/h2-7,9-10H,8H2,1H3,(H,16,17)/t10-/m1/s1. The Bertz CT molecular complexity index is 541. The molecular formula is C14H14BrNO2S. The fourth-order valence-corrected chi connectivity index (χ4v) is 3.02. The van der Waals surface area contributed by atoms with E-state index in [1.54, 1.807) is 11.3 Å². The SMILES string of the molecule is C[C@@H](NC(=O)OCc1ccccc1)c1cc(Br)cs1. The fourth-order valence-electron chi connectivity index (χ4n) is 1.57. The Balaban J connectivity index is 1.81. The molecule has 2 aromatic rings. The number of thiophene rings is 1. The van der Waals surface area contributed by atoms with Crippen molar-refractivity contribution in [2.75, 3.05) is 0 Å². The molecule has 1 atom stereocenters. The topological polar surface area (TPSA) is 38.3 Å². The van der Waals surface area contributed by atoms with E-state index in [1.807, 2.05) is 48.7 Å². The molecule has 5 heteroatoms. The summed E-state index contributed by atoms with van der Waals surface area (Å²) in [6.45, 7) is 2.22. The second-order valence-corrected chi connectivity index (χ2v) is 5.95. The van der Waals surface area contributed by atoms with E-state index in [9.17, 15) is 4.79 Å². The Hall–Kier alpha value is -1.33. The molecule has 0 aliphatic rings. The highest BCUT2D eigenvalue weighted by atomic mass is 79.9. The molecule has 1 aromatic carbocycles. The first-order valence-corrected chi connectivity index (χ1v) is 7.53. The maximum Gasteiger partial charge on any atom is 0.407 e. The van der Waals surface area contributed by atoms with Crippen LogP contribution in [0.2, 0.25) is 0 Å². The van der Waals surface area contributed by atoms with Crippen molar-refractivity contribution < 1.29 is 9.53 Å². The van der Waals surface area contributed by atoms with Crippen LogP contribution in [0.4, 0.5) is 4.79 Å². The largest absolute Gasteiger partial charge is 0.445 e. The number of alkyl carbamates (subject to hydrolysis) is 1. The van der Waals surface area contributed by atoms with Crippen molar-refractivity contribution in [3.8, 4) is 0 Å². The van der Waals surface area contributed by atoms with Gasteiger partial charge in [-0.3, -0.25) is 0 Å². The van der Waals surface area contributed by atoms with E-state index < -0.39 is 6.09 Å². The Kier molecular flexibility index (Phi) is 4.99. The summed E-state index contributed by atoms with van der Waals surface area (Å²) >= 11 is 4.99. The Morgan fingerprint density at radius 2 is 2.16 bits per heavy atom. The lowest BCUT2D eigenvalue weighted by Crippen LogP contribution is -2.26. The summed E-state index contributed by atoms with van der Waals surface area (Å²) in [7, 11) is 0. The van der Waals surface area contributed by atoms with Crippen LogP contribution in [0, 0.1) is 0 Å². The van der Waals surface area contributed by atoms with Gasteiger partial charge < -0.3 is 10.1 Å². The predicted molar refractivity (Wildman–Crippen MR) is 80.2 cm³/mol. The molecule has 0 bridgehead atoms. The molecule has 0 saturated heterocycles. The third-order valence-corrected chi connectivity index (χ3v) is 4.44. The highest BCUT2D eigenvalue weighted by molar-refractivity contribution is 9.10. The molecule has 0 unspecified atom stereocenters. The minimum Gasteiger partial charge on any atom is -0.445 e. The summed E-state index contributed by atoms with van der Waals surface area (Å²) in [5.74, 6) is 0. The van der Waals surface area contributed by atoms with E-state index in [-0.39, 0.29) is 12.6 Å². The van der Waals surface area contributed by atoms with Crippen LogP contribution in [0.25, 0.3) is 0 Å². The van der Waals surface area contributed by atoms with Gasteiger partial charge in [0.25, 0.3) is 0 Å². The molecule has 3 nitrogen and oxygen atoms in total. The van der Waals surface area contributed by atoms with Crippen LogP contribution in [0.3, 0.4) is 0 Å². The average molecular weight is 340 g/mol. The van der Waals surface area contributed by atoms with Crippen molar-refractivity contribution in [2.24, 2.45) is 0 Å². The molecule has 0 saturated carbocycles. The minimum atomic E-state index is -0.402. The van der Waals surface area contributed by atoms with Gasteiger partial charge >= 0.3 is 6.09 Å². The molecule has 19 heavy (non-hydrogen) atoms. The van der Waals surface area contributed by atoms with Crippen LogP contribution in [0.15, 0.2) is 46.3 Å². The summed E-state index contributed by atoms with van der Waals surface area (Å²) in [4.78, 5) is 12.8. The smallest absolute Gasteiger partial charge is 0.407 e. The lowest BCUT2D eigenvalue weighted by molar-refractivity contribution is 0.136. The van der Waals surface area contributed by atoms with Gasteiger partial charge in [-0.05, 0) is 34.5 Å². The number of amides is 1. The first-order chi connectivity index (χ1) is 9.15. The summed E-state index contributed by atoms with van der Waals surface area (Å²) < 4.78 is 6.20. The van der Waals surface area contributed by atoms with E-state index in [4.69, 9.17) is 4.74 Å². The van der Waals surface area contributed by atoms with Crippen LogP contribution >= 0.6 is 27.3 Å². The van der Waals surface area contributed by atoms with E-state index >= 15 is 0 Å². The van der Waals surface area contributed by atoms with E-state index in [1.165, 1.54) is 0 Å². The molecule has 0 aliphatic carbocycles. The highest BCUT2D eigenvalue weighted by Gasteiger charge is 2.12. The highest BCUT2D eigenvalue weighted by Crippen LogP contribution is 2.25. The lowest BCUT2D eigenvalue weighted by atomic mass is 10.2. The van der Waals surface area contributed by atoms with Crippen LogP contribution in [-0.4, -0.2) is 6.09 Å². The molecular weight excluding hydrogens is 326 g/mol. The maximum absolute atomic E-state index is 11.7. The number of halogens is 1. The summed E-state index contributed by atoms with van der Waals surface area (Å²) in [6, 6.07) is 11.6. The average Bonchev–Trinajstić information content (AvgIpc) is 2.84. The molecule has 100 valence electrons. The molecule has 0 aliphatic heterocycles. The molecule has 1 heterocycles. The number of hydrogen-bond acceptors (Lipinski definition) is 3. The number of benzene rings is 1. The molecule has 1 amide bonds. The molecule has 1 N–H and O–H groups in total. The lowest BCUT2D eigenvalue weighted by Gasteiger charge is -2.12. The molecule has 2 rings (SSSR count). The van der Waals surface area contributed by atoms with Gasteiger partial charge in [-0.1, -0.05) is 30.3 Å². The third kappa shape index (κ3) is 4.36. The number of carbonyl (C=O) groups excluding carboxylic acids is 1. The molecule has 0 radical (unpaired) electrons. The summed E-state index contributed by atoms with van der Waals surface area (Å²) in [5, 5.41) is 4.80. The van der Waals surface area contributed by atoms with Gasteiger partial charge in [-0.2, -0.15) is 0 Å².